The number of carbonyl (C=O) groups excluding carboxylic acids is 2. The topological polar surface area (TPSA) is 78.7 Å². The molecule has 3 aliphatic carbocycles. The first kappa shape index (κ1) is 19.3. The third kappa shape index (κ3) is 2.93. The molecule has 4 heterocycles. The number of carbonyl (C=O) groups is 2. The van der Waals surface area contributed by atoms with E-state index < -0.39 is 0 Å². The summed E-state index contributed by atoms with van der Waals surface area (Å²) in [4.78, 5) is 32.6. The van der Waals surface area contributed by atoms with Gasteiger partial charge in [-0.3, -0.25) is 14.0 Å². The van der Waals surface area contributed by atoms with Crippen molar-refractivity contribution in [1.29, 1.82) is 0 Å². The quantitative estimate of drug-likeness (QED) is 0.794. The van der Waals surface area contributed by atoms with Crippen molar-refractivity contribution in [3.05, 3.63) is 35.8 Å². The summed E-state index contributed by atoms with van der Waals surface area (Å²) in [7, 11) is 0. The van der Waals surface area contributed by atoms with Crippen LogP contribution in [0.25, 0.3) is 5.65 Å². The van der Waals surface area contributed by atoms with Gasteiger partial charge in [-0.25, -0.2) is 4.98 Å². The molecule has 3 saturated carbocycles. The van der Waals surface area contributed by atoms with Gasteiger partial charge in [0, 0.05) is 37.9 Å². The van der Waals surface area contributed by atoms with Crippen molar-refractivity contribution < 1.29 is 9.59 Å². The largest absolute Gasteiger partial charge is 0.350 e. The van der Waals surface area contributed by atoms with Crippen molar-refractivity contribution in [1.82, 2.24) is 24.9 Å². The molecule has 5 fully saturated rings. The van der Waals surface area contributed by atoms with Crippen molar-refractivity contribution in [3.63, 3.8) is 0 Å². The standard InChI is InChI=1S/C24H31N5O2/c1-24(2)15-7-6-14(18(24)8-15)10-26-22(30)20-4-3-5-21-27-19(13-29(20)21)23(31)28-12-16-9-17(28)11-25-16/h3-5,13-18,25H,6-12H2,1-2H3,(H,26,30)/t14-,15-,16+,17-,18-/m0/s1. The fourth-order valence-corrected chi connectivity index (χ4v) is 6.78. The van der Waals surface area contributed by atoms with Crippen LogP contribution in [0.4, 0.5) is 0 Å². The van der Waals surface area contributed by atoms with E-state index in [1.165, 1.54) is 19.3 Å². The first-order valence-electron chi connectivity index (χ1n) is 11.7. The molecular weight excluding hydrogens is 390 g/mol. The van der Waals surface area contributed by atoms with Crippen molar-refractivity contribution in [2.45, 2.75) is 51.6 Å². The molecule has 7 nitrogen and oxygen atoms in total. The lowest BCUT2D eigenvalue weighted by molar-refractivity contribution is -0.103. The lowest BCUT2D eigenvalue weighted by Gasteiger charge is -2.60. The van der Waals surface area contributed by atoms with E-state index in [1.54, 1.807) is 10.6 Å². The molecule has 2 N–H and O–H groups in total. The summed E-state index contributed by atoms with van der Waals surface area (Å²) in [6.07, 6.45) is 6.54. The molecule has 0 unspecified atom stereocenters. The number of aromatic nitrogens is 2. The Bertz CT molecular complexity index is 1060. The summed E-state index contributed by atoms with van der Waals surface area (Å²) in [5.41, 5.74) is 2.01. The number of amides is 2. The van der Waals surface area contributed by atoms with Crippen molar-refractivity contribution >= 4 is 17.5 Å². The number of nitrogens with one attached hydrogen (secondary N) is 2. The number of fused-ring (bicyclic) bond motifs is 5. The summed E-state index contributed by atoms with van der Waals surface area (Å²) in [5.74, 6) is 2.01. The van der Waals surface area contributed by atoms with E-state index in [9.17, 15) is 9.59 Å². The number of hydrogen-bond donors (Lipinski definition) is 2. The van der Waals surface area contributed by atoms with E-state index in [1.807, 2.05) is 23.1 Å². The van der Waals surface area contributed by atoms with Crippen LogP contribution in [0, 0.1) is 23.2 Å². The summed E-state index contributed by atoms with van der Waals surface area (Å²) in [6.45, 7) is 7.08. The molecule has 5 atom stereocenters. The third-order valence-corrected chi connectivity index (χ3v) is 8.79. The Morgan fingerprint density at radius 1 is 1.26 bits per heavy atom. The van der Waals surface area contributed by atoms with Crippen LogP contribution >= 0.6 is 0 Å². The molecular formula is C24H31N5O2. The van der Waals surface area contributed by atoms with Crippen LogP contribution < -0.4 is 10.6 Å². The fourth-order valence-electron chi connectivity index (χ4n) is 6.78. The minimum atomic E-state index is -0.0920. The molecule has 0 radical (unpaired) electrons. The molecule has 2 saturated heterocycles. The molecule has 2 aromatic heterocycles. The molecule has 0 spiro atoms. The number of pyridine rings is 1. The third-order valence-electron chi connectivity index (χ3n) is 8.79. The maximum Gasteiger partial charge on any atom is 0.274 e. The number of imidazole rings is 1. The minimum absolute atomic E-state index is 0.0342. The van der Waals surface area contributed by atoms with E-state index in [0.717, 1.165) is 32.0 Å². The Labute approximate surface area is 182 Å². The summed E-state index contributed by atoms with van der Waals surface area (Å²) in [5, 5.41) is 6.60. The molecule has 2 amide bonds. The highest BCUT2D eigenvalue weighted by Crippen LogP contribution is 2.61. The van der Waals surface area contributed by atoms with Crippen molar-refractivity contribution in [3.8, 4) is 0 Å². The maximum absolute atomic E-state index is 13.1. The number of piperazine rings is 1. The van der Waals surface area contributed by atoms with Crippen molar-refractivity contribution in [2.75, 3.05) is 19.6 Å². The Morgan fingerprint density at radius 2 is 2.13 bits per heavy atom. The van der Waals surface area contributed by atoms with Crippen LogP contribution in [0.3, 0.4) is 0 Å². The molecule has 7 heteroatoms. The Morgan fingerprint density at radius 3 is 2.84 bits per heavy atom. The van der Waals surface area contributed by atoms with Gasteiger partial charge in [0.2, 0.25) is 0 Å². The van der Waals surface area contributed by atoms with E-state index >= 15 is 0 Å². The van der Waals surface area contributed by atoms with Crippen LogP contribution in [0.1, 0.15) is 60.5 Å². The first-order chi connectivity index (χ1) is 14.9. The predicted molar refractivity (Wildman–Crippen MR) is 117 cm³/mol. The second-order valence-electron chi connectivity index (χ2n) is 10.6. The smallest absolute Gasteiger partial charge is 0.274 e. The van der Waals surface area contributed by atoms with Gasteiger partial charge in [0.15, 0.2) is 0 Å². The highest BCUT2D eigenvalue weighted by atomic mass is 16.2. The van der Waals surface area contributed by atoms with E-state index in [0.29, 0.717) is 40.3 Å². The number of nitrogens with zero attached hydrogens (tertiary/aromatic N) is 3. The van der Waals surface area contributed by atoms with Crippen LogP contribution in [0.2, 0.25) is 0 Å². The van der Waals surface area contributed by atoms with Crippen LogP contribution in [0.5, 0.6) is 0 Å². The molecule has 2 aromatic rings. The van der Waals surface area contributed by atoms with Gasteiger partial charge >= 0.3 is 0 Å². The summed E-state index contributed by atoms with van der Waals surface area (Å²) >= 11 is 0. The predicted octanol–water partition coefficient (Wildman–Crippen LogP) is 2.32. The monoisotopic (exact) mass is 421 g/mol. The highest BCUT2D eigenvalue weighted by molar-refractivity contribution is 5.96. The first-order valence-corrected chi connectivity index (χ1v) is 11.7. The van der Waals surface area contributed by atoms with Crippen LogP contribution in [-0.4, -0.2) is 57.8 Å². The number of hydrogen-bond acceptors (Lipinski definition) is 4. The Kier molecular flexibility index (Phi) is 4.23. The highest BCUT2D eigenvalue weighted by Gasteiger charge is 2.54. The lowest BCUT2D eigenvalue weighted by Crippen LogP contribution is -2.54. The van der Waals surface area contributed by atoms with Gasteiger partial charge in [-0.1, -0.05) is 19.9 Å². The lowest BCUT2D eigenvalue weighted by atomic mass is 9.45. The molecule has 2 aliphatic heterocycles. The SMILES string of the molecule is CC1(C)[C@H]2CC[C@@H](CNC(=O)c3cccc4nc(C(=O)N5C[C@H]6C[C@H]5CN6)cn34)[C@@H]1C2. The van der Waals surface area contributed by atoms with Gasteiger partial charge in [0.1, 0.15) is 17.0 Å². The second kappa shape index (κ2) is 6.79. The summed E-state index contributed by atoms with van der Waals surface area (Å²) < 4.78 is 1.76. The van der Waals surface area contributed by atoms with Crippen LogP contribution in [0.15, 0.2) is 24.4 Å². The van der Waals surface area contributed by atoms with Gasteiger partial charge in [0.25, 0.3) is 11.8 Å². The fraction of sp³-hybridized carbons (Fsp3) is 0.625. The van der Waals surface area contributed by atoms with Gasteiger partial charge in [0.05, 0.1) is 0 Å². The molecule has 7 rings (SSSR count). The van der Waals surface area contributed by atoms with E-state index in [4.69, 9.17) is 0 Å². The maximum atomic E-state index is 13.1. The Balaban J connectivity index is 1.19. The van der Waals surface area contributed by atoms with Crippen molar-refractivity contribution in [2.24, 2.45) is 23.2 Å². The normalized spacial score (nSPS) is 32.8. The number of rotatable bonds is 4. The molecule has 31 heavy (non-hydrogen) atoms. The molecule has 0 aromatic carbocycles. The van der Waals surface area contributed by atoms with E-state index in [-0.39, 0.29) is 17.9 Å². The van der Waals surface area contributed by atoms with Gasteiger partial charge in [-0.05, 0) is 61.0 Å². The zero-order valence-corrected chi connectivity index (χ0v) is 18.3. The number of likely N-dealkylation sites (tertiary alicyclic amines) is 1. The molecule has 5 aliphatic rings. The molecule has 164 valence electrons. The van der Waals surface area contributed by atoms with Gasteiger partial charge < -0.3 is 15.5 Å². The Hall–Kier alpha value is -2.41. The van der Waals surface area contributed by atoms with Gasteiger partial charge in [-0.2, -0.15) is 0 Å². The molecule has 4 bridgehead atoms. The minimum Gasteiger partial charge on any atom is -0.350 e. The second-order valence-corrected chi connectivity index (χ2v) is 10.6. The average molecular weight is 422 g/mol. The van der Waals surface area contributed by atoms with E-state index in [2.05, 4.69) is 29.5 Å². The average Bonchev–Trinajstić information content (AvgIpc) is 3.51. The zero-order valence-electron chi connectivity index (χ0n) is 18.3. The summed E-state index contributed by atoms with van der Waals surface area (Å²) in [6, 6.07) is 6.17. The van der Waals surface area contributed by atoms with Gasteiger partial charge in [-0.15, -0.1) is 0 Å². The van der Waals surface area contributed by atoms with Crippen LogP contribution in [-0.2, 0) is 0 Å². The zero-order chi connectivity index (χ0) is 21.3.